The van der Waals surface area contributed by atoms with Crippen molar-refractivity contribution in [3.63, 3.8) is 0 Å². The first-order valence-corrected chi connectivity index (χ1v) is 10.2. The van der Waals surface area contributed by atoms with Crippen LogP contribution < -0.4 is 4.90 Å². The van der Waals surface area contributed by atoms with Crippen molar-refractivity contribution in [2.75, 3.05) is 44.2 Å². The van der Waals surface area contributed by atoms with Crippen molar-refractivity contribution in [2.45, 2.75) is 18.9 Å². The summed E-state index contributed by atoms with van der Waals surface area (Å²) in [5, 5.41) is 0.543. The largest absolute Gasteiger partial charge is 0.369 e. The maximum Gasteiger partial charge on any atom is 0.255 e. The van der Waals surface area contributed by atoms with Gasteiger partial charge in [-0.25, -0.2) is 0 Å². The van der Waals surface area contributed by atoms with E-state index < -0.39 is 0 Å². The molecular weight excluding hydrogens is 358 g/mol. The summed E-state index contributed by atoms with van der Waals surface area (Å²) in [6.07, 6.45) is 2.22. The van der Waals surface area contributed by atoms with E-state index in [0.29, 0.717) is 16.6 Å². The summed E-state index contributed by atoms with van der Waals surface area (Å²) in [6.45, 7) is 5.80. The molecule has 0 aromatic heterocycles. The van der Waals surface area contributed by atoms with Gasteiger partial charge >= 0.3 is 0 Å². The lowest BCUT2D eigenvalue weighted by molar-refractivity contribution is 0.0563. The van der Waals surface area contributed by atoms with Crippen molar-refractivity contribution in [3.05, 3.63) is 65.2 Å². The molecule has 0 radical (unpaired) electrons. The summed E-state index contributed by atoms with van der Waals surface area (Å²) >= 11 is 6.23. The van der Waals surface area contributed by atoms with E-state index in [9.17, 15) is 4.79 Å². The summed E-state index contributed by atoms with van der Waals surface area (Å²) < 4.78 is 0. The molecule has 2 heterocycles. The van der Waals surface area contributed by atoms with Crippen LogP contribution in [0.1, 0.15) is 23.2 Å². The van der Waals surface area contributed by atoms with Gasteiger partial charge in [-0.05, 0) is 37.1 Å². The predicted molar refractivity (Wildman–Crippen MR) is 111 cm³/mol. The third-order valence-corrected chi connectivity index (χ3v) is 6.07. The Hall–Kier alpha value is -2.04. The summed E-state index contributed by atoms with van der Waals surface area (Å²) in [5.74, 6) is 0.0632. The minimum atomic E-state index is 0.0632. The number of rotatable bonds is 3. The maximum absolute atomic E-state index is 12.9. The Labute approximate surface area is 166 Å². The first-order chi connectivity index (χ1) is 13.2. The molecule has 1 amide bonds. The molecule has 2 aromatic rings. The zero-order valence-corrected chi connectivity index (χ0v) is 16.3. The van der Waals surface area contributed by atoms with Gasteiger partial charge in [0, 0.05) is 51.0 Å². The summed E-state index contributed by atoms with van der Waals surface area (Å²) in [4.78, 5) is 19.9. The molecule has 0 saturated carbocycles. The number of nitrogens with zero attached hydrogens (tertiary/aromatic N) is 3. The van der Waals surface area contributed by atoms with E-state index >= 15 is 0 Å². The second-order valence-corrected chi connectivity index (χ2v) is 7.79. The second kappa shape index (κ2) is 8.32. The molecule has 4 nitrogen and oxygen atoms in total. The van der Waals surface area contributed by atoms with Gasteiger partial charge in [0.2, 0.25) is 0 Å². The number of piperazine rings is 1. The number of hydrogen-bond donors (Lipinski definition) is 0. The van der Waals surface area contributed by atoms with Gasteiger partial charge < -0.3 is 9.80 Å². The summed E-state index contributed by atoms with van der Waals surface area (Å²) in [6, 6.07) is 18.4. The van der Waals surface area contributed by atoms with E-state index in [1.165, 1.54) is 5.69 Å². The molecule has 5 heteroatoms. The Morgan fingerprint density at radius 1 is 0.889 bits per heavy atom. The van der Waals surface area contributed by atoms with E-state index in [2.05, 4.69) is 40.1 Å². The first-order valence-electron chi connectivity index (χ1n) is 9.80. The standard InChI is InChI=1S/C22H26ClN3O/c23-21-11-5-4-10-20(21)22(27)26-12-6-9-19(17-26)25-15-13-24(14-16-25)18-7-2-1-3-8-18/h1-5,7-8,10-11,19H,6,9,12-17H2. The Bertz CT molecular complexity index is 774. The maximum atomic E-state index is 12.9. The van der Waals surface area contributed by atoms with Crippen molar-refractivity contribution in [1.29, 1.82) is 0 Å². The number of halogens is 1. The third-order valence-electron chi connectivity index (χ3n) is 5.74. The number of amides is 1. The molecule has 142 valence electrons. The lowest BCUT2D eigenvalue weighted by atomic mass is 10.0. The van der Waals surface area contributed by atoms with Gasteiger partial charge in [0.1, 0.15) is 0 Å². The van der Waals surface area contributed by atoms with Crippen LogP contribution in [0, 0.1) is 0 Å². The van der Waals surface area contributed by atoms with Gasteiger partial charge in [0.25, 0.3) is 5.91 Å². The van der Waals surface area contributed by atoms with Gasteiger partial charge in [0.05, 0.1) is 10.6 Å². The molecule has 2 aliphatic rings. The van der Waals surface area contributed by atoms with E-state index in [4.69, 9.17) is 11.6 Å². The Morgan fingerprint density at radius 2 is 1.59 bits per heavy atom. The van der Waals surface area contributed by atoms with Crippen LogP contribution in [0.3, 0.4) is 0 Å². The Morgan fingerprint density at radius 3 is 2.33 bits per heavy atom. The number of carbonyl (C=O) groups is 1. The topological polar surface area (TPSA) is 26.8 Å². The average molecular weight is 384 g/mol. The van der Waals surface area contributed by atoms with Crippen molar-refractivity contribution >= 4 is 23.2 Å². The lowest BCUT2D eigenvalue weighted by Crippen LogP contribution is -2.55. The molecule has 0 aliphatic carbocycles. The zero-order chi connectivity index (χ0) is 18.6. The van der Waals surface area contributed by atoms with Crippen molar-refractivity contribution in [1.82, 2.24) is 9.80 Å². The van der Waals surface area contributed by atoms with Gasteiger partial charge in [-0.15, -0.1) is 0 Å². The van der Waals surface area contributed by atoms with E-state index in [0.717, 1.165) is 52.1 Å². The van der Waals surface area contributed by atoms with Crippen molar-refractivity contribution in [3.8, 4) is 0 Å². The van der Waals surface area contributed by atoms with Crippen LogP contribution in [-0.2, 0) is 0 Å². The van der Waals surface area contributed by atoms with Gasteiger partial charge in [-0.2, -0.15) is 0 Å². The van der Waals surface area contributed by atoms with Crippen LogP contribution in [0.25, 0.3) is 0 Å². The van der Waals surface area contributed by atoms with Crippen LogP contribution >= 0.6 is 11.6 Å². The fourth-order valence-electron chi connectivity index (χ4n) is 4.23. The number of benzene rings is 2. The monoisotopic (exact) mass is 383 g/mol. The zero-order valence-electron chi connectivity index (χ0n) is 15.6. The molecule has 27 heavy (non-hydrogen) atoms. The molecule has 2 fully saturated rings. The minimum Gasteiger partial charge on any atom is -0.369 e. The molecule has 0 spiro atoms. The Kier molecular flexibility index (Phi) is 5.65. The van der Waals surface area contributed by atoms with E-state index in [1.54, 1.807) is 6.07 Å². The number of para-hydroxylation sites is 1. The highest BCUT2D eigenvalue weighted by Gasteiger charge is 2.30. The lowest BCUT2D eigenvalue weighted by Gasteiger charge is -2.44. The summed E-state index contributed by atoms with van der Waals surface area (Å²) in [7, 11) is 0. The highest BCUT2D eigenvalue weighted by molar-refractivity contribution is 6.33. The third kappa shape index (κ3) is 4.12. The average Bonchev–Trinajstić information content (AvgIpc) is 2.74. The molecule has 2 aliphatic heterocycles. The number of anilines is 1. The number of carbonyl (C=O) groups excluding carboxylic acids is 1. The normalized spacial score (nSPS) is 21.3. The number of hydrogen-bond acceptors (Lipinski definition) is 3. The molecule has 1 atom stereocenters. The smallest absolute Gasteiger partial charge is 0.255 e. The van der Waals surface area contributed by atoms with Crippen molar-refractivity contribution in [2.24, 2.45) is 0 Å². The number of piperidine rings is 1. The van der Waals surface area contributed by atoms with Crippen LogP contribution in [-0.4, -0.2) is 61.0 Å². The summed E-state index contributed by atoms with van der Waals surface area (Å²) in [5.41, 5.74) is 1.92. The van der Waals surface area contributed by atoms with Crippen LogP contribution in [0.15, 0.2) is 54.6 Å². The van der Waals surface area contributed by atoms with Gasteiger partial charge in [-0.1, -0.05) is 41.9 Å². The molecular formula is C22H26ClN3O. The fourth-order valence-corrected chi connectivity index (χ4v) is 4.44. The molecule has 1 unspecified atom stereocenters. The minimum absolute atomic E-state index is 0.0632. The Balaban J connectivity index is 1.36. The molecule has 0 N–H and O–H groups in total. The highest BCUT2D eigenvalue weighted by Crippen LogP contribution is 2.23. The van der Waals surface area contributed by atoms with E-state index in [-0.39, 0.29) is 5.91 Å². The van der Waals surface area contributed by atoms with Gasteiger partial charge in [-0.3, -0.25) is 9.69 Å². The molecule has 0 bridgehead atoms. The van der Waals surface area contributed by atoms with Gasteiger partial charge in [0.15, 0.2) is 0 Å². The molecule has 2 aromatic carbocycles. The van der Waals surface area contributed by atoms with Crippen molar-refractivity contribution < 1.29 is 4.79 Å². The molecule has 2 saturated heterocycles. The highest BCUT2D eigenvalue weighted by atomic mass is 35.5. The van der Waals surface area contributed by atoms with E-state index in [1.807, 2.05) is 23.1 Å². The quantitative estimate of drug-likeness (QED) is 0.807. The first kappa shape index (κ1) is 18.3. The molecule has 4 rings (SSSR count). The fraction of sp³-hybridized carbons (Fsp3) is 0.409. The van der Waals surface area contributed by atoms with Crippen LogP contribution in [0.4, 0.5) is 5.69 Å². The van der Waals surface area contributed by atoms with Crippen LogP contribution in [0.2, 0.25) is 5.02 Å². The second-order valence-electron chi connectivity index (χ2n) is 7.39. The predicted octanol–water partition coefficient (Wildman–Crippen LogP) is 3.77. The van der Waals surface area contributed by atoms with Crippen LogP contribution in [0.5, 0.6) is 0 Å². The number of likely N-dealkylation sites (tertiary alicyclic amines) is 1. The SMILES string of the molecule is O=C(c1ccccc1Cl)N1CCCC(N2CCN(c3ccccc3)CC2)C1.